The molecule has 0 aliphatic rings. The minimum Gasteiger partial charge on any atom is -0.350 e. The van der Waals surface area contributed by atoms with Gasteiger partial charge in [-0.1, -0.05) is 18.2 Å². The molecule has 0 N–H and O–H groups in total. The maximum absolute atomic E-state index is 12.5. The number of ketones is 1. The average Bonchev–Trinajstić information content (AvgIpc) is 2.77. The molecule has 0 atom stereocenters. The van der Waals surface area contributed by atoms with Crippen LogP contribution >= 0.6 is 15.9 Å². The van der Waals surface area contributed by atoms with E-state index >= 15 is 0 Å². The van der Waals surface area contributed by atoms with E-state index in [1.54, 1.807) is 12.3 Å². The highest BCUT2D eigenvalue weighted by molar-refractivity contribution is 9.10. The summed E-state index contributed by atoms with van der Waals surface area (Å²) in [6, 6.07) is 11.4. The Morgan fingerprint density at radius 3 is 2.74 bits per heavy atom. The molecule has 19 heavy (non-hydrogen) atoms. The average molecular weight is 315 g/mol. The van der Waals surface area contributed by atoms with Crippen LogP contribution in [0, 0.1) is 0 Å². The van der Waals surface area contributed by atoms with Crippen molar-refractivity contribution in [3.63, 3.8) is 0 Å². The van der Waals surface area contributed by atoms with E-state index in [-0.39, 0.29) is 5.78 Å². The third-order valence-corrected chi connectivity index (χ3v) is 3.57. The van der Waals surface area contributed by atoms with Crippen molar-refractivity contribution in [2.75, 3.05) is 0 Å². The van der Waals surface area contributed by atoms with Gasteiger partial charge in [-0.3, -0.25) is 9.78 Å². The summed E-state index contributed by atoms with van der Waals surface area (Å²) in [7, 11) is 1.94. The topological polar surface area (TPSA) is 34.9 Å². The minimum absolute atomic E-state index is 0.0516. The molecule has 0 radical (unpaired) electrons. The van der Waals surface area contributed by atoms with Crippen molar-refractivity contribution in [1.82, 2.24) is 9.55 Å². The van der Waals surface area contributed by atoms with Gasteiger partial charge in [-0.25, -0.2) is 0 Å². The summed E-state index contributed by atoms with van der Waals surface area (Å²) in [5.41, 5.74) is 2.19. The largest absolute Gasteiger partial charge is 0.350 e. The number of pyridine rings is 1. The van der Waals surface area contributed by atoms with Gasteiger partial charge in [0.15, 0.2) is 0 Å². The van der Waals surface area contributed by atoms with Gasteiger partial charge in [0.05, 0.1) is 0 Å². The molecule has 0 aliphatic carbocycles. The van der Waals surface area contributed by atoms with E-state index in [2.05, 4.69) is 20.9 Å². The summed E-state index contributed by atoms with van der Waals surface area (Å²) >= 11 is 3.32. The summed E-state index contributed by atoms with van der Waals surface area (Å²) in [5.74, 6) is -0.0516. The van der Waals surface area contributed by atoms with Crippen LogP contribution in [0.3, 0.4) is 0 Å². The van der Waals surface area contributed by atoms with Crippen LogP contribution < -0.4 is 0 Å². The zero-order valence-electron chi connectivity index (χ0n) is 10.3. The standard InChI is InChI=1S/C15H11BrN2O/c1-18-9-12(11-4-2-3-5-14(11)18)15(19)13-7-6-10(16)8-17-13/h2-9H,1H3. The normalized spacial score (nSPS) is 10.8. The number of hydrogen-bond acceptors (Lipinski definition) is 2. The number of rotatable bonds is 2. The van der Waals surface area contributed by atoms with E-state index in [4.69, 9.17) is 0 Å². The van der Waals surface area contributed by atoms with Crippen molar-refractivity contribution in [1.29, 1.82) is 0 Å². The number of nitrogens with zero attached hydrogens (tertiary/aromatic N) is 2. The number of halogens is 1. The molecule has 94 valence electrons. The minimum atomic E-state index is -0.0516. The zero-order chi connectivity index (χ0) is 13.4. The van der Waals surface area contributed by atoms with Gasteiger partial charge in [0.2, 0.25) is 5.78 Å². The Balaban J connectivity index is 2.14. The number of fused-ring (bicyclic) bond motifs is 1. The third-order valence-electron chi connectivity index (χ3n) is 3.10. The van der Waals surface area contributed by atoms with Crippen molar-refractivity contribution >= 4 is 32.6 Å². The van der Waals surface area contributed by atoms with Crippen molar-refractivity contribution in [2.45, 2.75) is 0 Å². The molecule has 4 heteroatoms. The molecular formula is C15H11BrN2O. The van der Waals surface area contributed by atoms with Crippen LogP contribution in [-0.2, 0) is 7.05 Å². The van der Waals surface area contributed by atoms with Gasteiger partial charge in [-0.05, 0) is 34.1 Å². The Bertz CT molecular complexity index is 759. The first-order valence-electron chi connectivity index (χ1n) is 5.87. The lowest BCUT2D eigenvalue weighted by Gasteiger charge is -1.99. The molecule has 3 rings (SSSR count). The molecule has 0 spiro atoms. The summed E-state index contributed by atoms with van der Waals surface area (Å²) in [6.07, 6.45) is 3.50. The van der Waals surface area contributed by atoms with Gasteiger partial charge in [-0.15, -0.1) is 0 Å². The van der Waals surface area contributed by atoms with Crippen molar-refractivity contribution in [2.24, 2.45) is 7.05 Å². The van der Waals surface area contributed by atoms with Crippen LogP contribution in [0.5, 0.6) is 0 Å². The zero-order valence-corrected chi connectivity index (χ0v) is 11.9. The first-order chi connectivity index (χ1) is 9.16. The molecule has 2 heterocycles. The van der Waals surface area contributed by atoms with E-state index in [9.17, 15) is 4.79 Å². The van der Waals surface area contributed by atoms with E-state index in [0.29, 0.717) is 11.3 Å². The van der Waals surface area contributed by atoms with Crippen LogP contribution in [0.25, 0.3) is 10.9 Å². The molecule has 3 aromatic rings. The number of carbonyl (C=O) groups excluding carboxylic acids is 1. The van der Waals surface area contributed by atoms with E-state index < -0.39 is 0 Å². The van der Waals surface area contributed by atoms with E-state index in [0.717, 1.165) is 15.4 Å². The fourth-order valence-corrected chi connectivity index (χ4v) is 2.41. The number of benzene rings is 1. The van der Waals surface area contributed by atoms with Crippen molar-refractivity contribution < 1.29 is 4.79 Å². The highest BCUT2D eigenvalue weighted by Gasteiger charge is 2.16. The molecular weight excluding hydrogens is 304 g/mol. The van der Waals surface area contributed by atoms with Crippen LogP contribution in [0.2, 0.25) is 0 Å². The fraction of sp³-hybridized carbons (Fsp3) is 0.0667. The number of para-hydroxylation sites is 1. The first kappa shape index (κ1) is 12.1. The number of aryl methyl sites for hydroxylation is 1. The predicted molar refractivity (Wildman–Crippen MR) is 78.3 cm³/mol. The van der Waals surface area contributed by atoms with Gasteiger partial charge in [0, 0.05) is 40.4 Å². The molecule has 0 unspecified atom stereocenters. The summed E-state index contributed by atoms with van der Waals surface area (Å²) < 4.78 is 2.82. The monoisotopic (exact) mass is 314 g/mol. The maximum atomic E-state index is 12.5. The molecule has 0 aliphatic heterocycles. The Kier molecular flexibility index (Phi) is 2.95. The summed E-state index contributed by atoms with van der Waals surface area (Å²) in [5, 5.41) is 0.958. The second-order valence-electron chi connectivity index (χ2n) is 4.36. The number of hydrogen-bond donors (Lipinski definition) is 0. The molecule has 0 amide bonds. The van der Waals surface area contributed by atoms with Crippen LogP contribution in [0.1, 0.15) is 16.1 Å². The van der Waals surface area contributed by atoms with Crippen LogP contribution in [0.4, 0.5) is 0 Å². The Morgan fingerprint density at radius 1 is 1.21 bits per heavy atom. The molecule has 0 saturated heterocycles. The summed E-state index contributed by atoms with van der Waals surface area (Å²) in [6.45, 7) is 0. The summed E-state index contributed by atoms with van der Waals surface area (Å²) in [4.78, 5) is 16.7. The molecule has 0 fully saturated rings. The molecule has 2 aromatic heterocycles. The second-order valence-corrected chi connectivity index (χ2v) is 5.28. The molecule has 0 saturated carbocycles. The molecule has 3 nitrogen and oxygen atoms in total. The molecule has 1 aromatic carbocycles. The fourth-order valence-electron chi connectivity index (χ4n) is 2.17. The highest BCUT2D eigenvalue weighted by Crippen LogP contribution is 2.22. The van der Waals surface area contributed by atoms with Gasteiger partial charge in [0.1, 0.15) is 5.69 Å². The van der Waals surface area contributed by atoms with E-state index in [1.165, 1.54) is 0 Å². The van der Waals surface area contributed by atoms with Gasteiger partial charge in [-0.2, -0.15) is 0 Å². The van der Waals surface area contributed by atoms with Gasteiger partial charge >= 0.3 is 0 Å². The predicted octanol–water partition coefficient (Wildman–Crippen LogP) is 3.57. The number of aromatic nitrogens is 2. The van der Waals surface area contributed by atoms with Crippen molar-refractivity contribution in [3.05, 3.63) is 64.5 Å². The lowest BCUT2D eigenvalue weighted by atomic mass is 10.1. The Morgan fingerprint density at radius 2 is 2.00 bits per heavy atom. The second kappa shape index (κ2) is 4.63. The molecule has 0 bridgehead atoms. The first-order valence-corrected chi connectivity index (χ1v) is 6.66. The number of carbonyl (C=O) groups is 1. The Labute approximate surface area is 119 Å². The Hall–Kier alpha value is -1.94. The lowest BCUT2D eigenvalue weighted by Crippen LogP contribution is -2.03. The highest BCUT2D eigenvalue weighted by atomic mass is 79.9. The van der Waals surface area contributed by atoms with E-state index in [1.807, 2.05) is 48.1 Å². The van der Waals surface area contributed by atoms with Gasteiger partial charge < -0.3 is 4.57 Å². The lowest BCUT2D eigenvalue weighted by molar-refractivity contribution is 0.103. The smallest absolute Gasteiger partial charge is 0.213 e. The van der Waals surface area contributed by atoms with Crippen LogP contribution in [0.15, 0.2) is 53.3 Å². The van der Waals surface area contributed by atoms with Crippen LogP contribution in [-0.4, -0.2) is 15.3 Å². The van der Waals surface area contributed by atoms with Gasteiger partial charge in [0.25, 0.3) is 0 Å². The maximum Gasteiger partial charge on any atom is 0.213 e. The SMILES string of the molecule is Cn1cc(C(=O)c2ccc(Br)cn2)c2ccccc21. The third kappa shape index (κ3) is 2.08. The quantitative estimate of drug-likeness (QED) is 0.678. The van der Waals surface area contributed by atoms with Crippen molar-refractivity contribution in [3.8, 4) is 0 Å².